The third-order valence-corrected chi connectivity index (χ3v) is 4.46. The SMILES string of the molecule is CS(=O)(=O)CCSCc1cn2ccccc2n1. The fourth-order valence-electron chi connectivity index (χ4n) is 1.44. The molecule has 0 saturated carbocycles. The van der Waals surface area contributed by atoms with Crippen molar-refractivity contribution in [1.29, 1.82) is 0 Å². The number of imidazole rings is 1. The molecular formula is C11H14N2O2S2. The second kappa shape index (κ2) is 5.10. The first-order chi connectivity index (χ1) is 8.04. The van der Waals surface area contributed by atoms with Crippen LogP contribution in [0.15, 0.2) is 30.6 Å². The van der Waals surface area contributed by atoms with E-state index >= 15 is 0 Å². The number of pyridine rings is 1. The molecule has 0 aliphatic carbocycles. The van der Waals surface area contributed by atoms with Crippen molar-refractivity contribution in [1.82, 2.24) is 9.38 Å². The van der Waals surface area contributed by atoms with Crippen LogP contribution in [0.4, 0.5) is 0 Å². The van der Waals surface area contributed by atoms with Crippen molar-refractivity contribution in [3.05, 3.63) is 36.3 Å². The zero-order valence-electron chi connectivity index (χ0n) is 9.54. The molecule has 4 nitrogen and oxygen atoms in total. The van der Waals surface area contributed by atoms with E-state index < -0.39 is 9.84 Å². The van der Waals surface area contributed by atoms with Crippen molar-refractivity contribution in [2.75, 3.05) is 17.8 Å². The molecule has 0 unspecified atom stereocenters. The maximum atomic E-state index is 11.0. The minimum atomic E-state index is -2.85. The van der Waals surface area contributed by atoms with Gasteiger partial charge in [-0.1, -0.05) is 6.07 Å². The largest absolute Gasteiger partial charge is 0.307 e. The van der Waals surface area contributed by atoms with Crippen molar-refractivity contribution >= 4 is 27.2 Å². The van der Waals surface area contributed by atoms with E-state index in [2.05, 4.69) is 4.98 Å². The van der Waals surface area contributed by atoms with E-state index in [0.29, 0.717) is 5.75 Å². The fraction of sp³-hybridized carbons (Fsp3) is 0.364. The summed E-state index contributed by atoms with van der Waals surface area (Å²) in [6.07, 6.45) is 5.19. The number of nitrogens with zero attached hydrogens (tertiary/aromatic N) is 2. The molecule has 92 valence electrons. The number of hydrogen-bond acceptors (Lipinski definition) is 4. The van der Waals surface area contributed by atoms with Crippen molar-refractivity contribution in [2.45, 2.75) is 5.75 Å². The molecule has 17 heavy (non-hydrogen) atoms. The number of rotatable bonds is 5. The summed E-state index contributed by atoms with van der Waals surface area (Å²) in [6.45, 7) is 0. The van der Waals surface area contributed by atoms with Crippen LogP contribution in [0.5, 0.6) is 0 Å². The highest BCUT2D eigenvalue weighted by Crippen LogP contribution is 2.12. The van der Waals surface area contributed by atoms with Crippen LogP contribution < -0.4 is 0 Å². The van der Waals surface area contributed by atoms with Gasteiger partial charge in [0.25, 0.3) is 0 Å². The predicted molar refractivity (Wildman–Crippen MR) is 71.1 cm³/mol. The Morgan fingerprint density at radius 2 is 2.24 bits per heavy atom. The van der Waals surface area contributed by atoms with Crippen LogP contribution in [-0.4, -0.2) is 35.6 Å². The van der Waals surface area contributed by atoms with Crippen LogP contribution in [0.25, 0.3) is 5.65 Å². The highest BCUT2D eigenvalue weighted by Gasteiger charge is 2.04. The molecule has 0 saturated heterocycles. The minimum Gasteiger partial charge on any atom is -0.307 e. The van der Waals surface area contributed by atoms with Gasteiger partial charge < -0.3 is 4.40 Å². The summed E-state index contributed by atoms with van der Waals surface area (Å²) in [7, 11) is -2.85. The minimum absolute atomic E-state index is 0.227. The second-order valence-electron chi connectivity index (χ2n) is 3.88. The van der Waals surface area contributed by atoms with Crippen molar-refractivity contribution in [3.8, 4) is 0 Å². The molecule has 2 rings (SSSR count). The van der Waals surface area contributed by atoms with Crippen LogP contribution >= 0.6 is 11.8 Å². The monoisotopic (exact) mass is 270 g/mol. The maximum absolute atomic E-state index is 11.0. The summed E-state index contributed by atoms with van der Waals surface area (Å²) in [4.78, 5) is 4.44. The van der Waals surface area contributed by atoms with Crippen LogP contribution in [-0.2, 0) is 15.6 Å². The van der Waals surface area contributed by atoms with E-state index in [-0.39, 0.29) is 5.75 Å². The fourth-order valence-corrected chi connectivity index (χ4v) is 3.62. The van der Waals surface area contributed by atoms with Gasteiger partial charge in [-0.25, -0.2) is 13.4 Å². The van der Waals surface area contributed by atoms with Crippen LogP contribution in [0.3, 0.4) is 0 Å². The molecule has 0 aliphatic heterocycles. The zero-order valence-corrected chi connectivity index (χ0v) is 11.2. The second-order valence-corrected chi connectivity index (χ2v) is 7.25. The highest BCUT2D eigenvalue weighted by atomic mass is 32.2. The highest BCUT2D eigenvalue weighted by molar-refractivity contribution is 7.99. The molecule has 0 fully saturated rings. The Morgan fingerprint density at radius 3 is 2.94 bits per heavy atom. The lowest BCUT2D eigenvalue weighted by Gasteiger charge is -1.97. The Balaban J connectivity index is 1.91. The lowest BCUT2D eigenvalue weighted by Crippen LogP contribution is -2.05. The Morgan fingerprint density at radius 1 is 1.41 bits per heavy atom. The lowest BCUT2D eigenvalue weighted by molar-refractivity contribution is 0.603. The van der Waals surface area contributed by atoms with Gasteiger partial charge in [0.1, 0.15) is 15.5 Å². The third-order valence-electron chi connectivity index (χ3n) is 2.26. The summed E-state index contributed by atoms with van der Waals surface area (Å²) in [5.41, 5.74) is 1.90. The molecule has 0 bridgehead atoms. The molecule has 0 aliphatic rings. The van der Waals surface area contributed by atoms with E-state index in [4.69, 9.17) is 0 Å². The van der Waals surface area contributed by atoms with E-state index in [1.54, 1.807) is 11.8 Å². The first kappa shape index (κ1) is 12.4. The molecule has 0 amide bonds. The molecule has 2 aromatic rings. The average molecular weight is 270 g/mol. The first-order valence-electron chi connectivity index (χ1n) is 5.23. The number of thioether (sulfide) groups is 1. The molecule has 0 radical (unpaired) electrons. The van der Waals surface area contributed by atoms with Gasteiger partial charge in [-0.15, -0.1) is 0 Å². The van der Waals surface area contributed by atoms with Gasteiger partial charge in [-0.2, -0.15) is 11.8 Å². The topological polar surface area (TPSA) is 51.4 Å². The van der Waals surface area contributed by atoms with Crippen molar-refractivity contribution in [3.63, 3.8) is 0 Å². The molecule has 6 heteroatoms. The Hall–Kier alpha value is -1.01. The zero-order chi connectivity index (χ0) is 12.3. The molecule has 0 N–H and O–H groups in total. The van der Waals surface area contributed by atoms with Crippen LogP contribution in [0.2, 0.25) is 0 Å². The molecule has 2 heterocycles. The smallest absolute Gasteiger partial charge is 0.148 e. The van der Waals surface area contributed by atoms with Crippen LogP contribution in [0, 0.1) is 0 Å². The van der Waals surface area contributed by atoms with E-state index in [9.17, 15) is 8.42 Å². The van der Waals surface area contributed by atoms with Crippen molar-refractivity contribution in [2.24, 2.45) is 0 Å². The van der Waals surface area contributed by atoms with Gasteiger partial charge >= 0.3 is 0 Å². The number of fused-ring (bicyclic) bond motifs is 1. The summed E-state index contributed by atoms with van der Waals surface area (Å²) in [5.74, 6) is 1.59. The van der Waals surface area contributed by atoms with Gasteiger partial charge in [0.2, 0.25) is 0 Å². The number of aromatic nitrogens is 2. The van der Waals surface area contributed by atoms with E-state index in [1.807, 2.05) is 35.0 Å². The van der Waals surface area contributed by atoms with Gasteiger partial charge in [0.15, 0.2) is 0 Å². The molecule has 2 aromatic heterocycles. The van der Waals surface area contributed by atoms with Gasteiger partial charge in [0.05, 0.1) is 11.4 Å². The summed E-state index contributed by atoms with van der Waals surface area (Å²) in [5, 5.41) is 0. The molecule has 0 spiro atoms. The number of hydrogen-bond donors (Lipinski definition) is 0. The standard InChI is InChI=1S/C11H14N2O2S2/c1-17(14,15)7-6-16-9-10-8-13-5-3-2-4-11(13)12-10/h2-5,8H,6-7,9H2,1H3. The Labute approximate surface area is 105 Å². The summed E-state index contributed by atoms with van der Waals surface area (Å²) < 4.78 is 23.9. The third kappa shape index (κ3) is 3.74. The summed E-state index contributed by atoms with van der Waals surface area (Å²) >= 11 is 1.59. The first-order valence-corrected chi connectivity index (χ1v) is 8.44. The lowest BCUT2D eigenvalue weighted by atomic mass is 10.5. The number of sulfone groups is 1. The van der Waals surface area contributed by atoms with E-state index in [0.717, 1.165) is 17.1 Å². The molecule has 0 atom stereocenters. The predicted octanol–water partition coefficient (Wildman–Crippen LogP) is 1.61. The Kier molecular flexibility index (Phi) is 3.73. The van der Waals surface area contributed by atoms with Gasteiger partial charge in [0, 0.05) is 30.2 Å². The maximum Gasteiger partial charge on any atom is 0.148 e. The van der Waals surface area contributed by atoms with Crippen molar-refractivity contribution < 1.29 is 8.42 Å². The van der Waals surface area contributed by atoms with Crippen LogP contribution in [0.1, 0.15) is 5.69 Å². The normalized spacial score (nSPS) is 12.1. The average Bonchev–Trinajstić information content (AvgIpc) is 2.65. The molecule has 0 aromatic carbocycles. The van der Waals surface area contributed by atoms with Gasteiger partial charge in [-0.05, 0) is 12.1 Å². The Bertz CT molecular complexity index is 572. The van der Waals surface area contributed by atoms with E-state index in [1.165, 1.54) is 6.26 Å². The molecular weight excluding hydrogens is 256 g/mol. The summed E-state index contributed by atoms with van der Waals surface area (Å²) in [6, 6.07) is 5.85. The quantitative estimate of drug-likeness (QED) is 0.775. The van der Waals surface area contributed by atoms with Gasteiger partial charge in [-0.3, -0.25) is 0 Å².